The molecule has 0 spiro atoms. The van der Waals surface area contributed by atoms with E-state index in [1.54, 1.807) is 0 Å². The summed E-state index contributed by atoms with van der Waals surface area (Å²) in [6.45, 7) is 9.60. The fourth-order valence-electron chi connectivity index (χ4n) is 10.7. The van der Waals surface area contributed by atoms with Crippen LogP contribution in [0.1, 0.15) is 45.2 Å². The molecule has 0 fully saturated rings. The maximum Gasteiger partial charge on any atom is 0.0541 e. The van der Waals surface area contributed by atoms with Gasteiger partial charge in [-0.3, -0.25) is 0 Å². The Morgan fingerprint density at radius 3 is 1.40 bits per heavy atom. The number of fused-ring (bicyclic) bond motifs is 4. The highest BCUT2D eigenvalue weighted by molar-refractivity contribution is 6.10. The molecule has 9 aromatic carbocycles. The molecule has 0 N–H and O–H groups in total. The van der Waals surface area contributed by atoms with Gasteiger partial charge in [0.15, 0.2) is 0 Å². The summed E-state index contributed by atoms with van der Waals surface area (Å²) in [7, 11) is 0. The minimum absolute atomic E-state index is 0.128. The zero-order valence-electron chi connectivity index (χ0n) is 36.4. The lowest BCUT2D eigenvalue weighted by molar-refractivity contribution is 0.403. The second-order valence-electron chi connectivity index (χ2n) is 18.5. The SMILES string of the molecule is CC1(C)CC(C)(C)c2c(-c3ccc(-n4c5ccccc5c5cc(-c6ccc(N(c7ccc(-c8ccccc8)cc7)c7ccc(-c8ccccc8)cc7)cc6)ccc54)cc3)cccc21. The van der Waals surface area contributed by atoms with Crippen molar-refractivity contribution >= 4 is 38.9 Å². The molecule has 0 amide bonds. The number of anilines is 3. The van der Waals surface area contributed by atoms with Crippen LogP contribution in [-0.2, 0) is 10.8 Å². The second-order valence-corrected chi connectivity index (χ2v) is 18.5. The predicted molar refractivity (Wildman–Crippen MR) is 268 cm³/mol. The first-order valence-corrected chi connectivity index (χ1v) is 22.2. The van der Waals surface area contributed by atoms with E-state index in [1.165, 1.54) is 83.1 Å². The lowest BCUT2D eigenvalue weighted by Gasteiger charge is -2.26. The smallest absolute Gasteiger partial charge is 0.0541 e. The van der Waals surface area contributed by atoms with Gasteiger partial charge in [0.1, 0.15) is 0 Å². The summed E-state index contributed by atoms with van der Waals surface area (Å²) in [5, 5.41) is 2.50. The van der Waals surface area contributed by atoms with E-state index in [9.17, 15) is 0 Å². The Labute approximate surface area is 371 Å². The van der Waals surface area contributed by atoms with Crippen LogP contribution in [-0.4, -0.2) is 4.57 Å². The highest BCUT2D eigenvalue weighted by Gasteiger charge is 2.43. The van der Waals surface area contributed by atoms with Crippen LogP contribution in [0.15, 0.2) is 218 Å². The van der Waals surface area contributed by atoms with Crippen molar-refractivity contribution in [2.24, 2.45) is 0 Å². The third-order valence-corrected chi connectivity index (χ3v) is 13.4. The van der Waals surface area contributed by atoms with Crippen LogP contribution in [0.3, 0.4) is 0 Å². The molecule has 1 aromatic heterocycles. The minimum Gasteiger partial charge on any atom is -0.311 e. The molecule has 0 aliphatic heterocycles. The van der Waals surface area contributed by atoms with Crippen molar-refractivity contribution in [2.75, 3.05) is 4.90 Å². The van der Waals surface area contributed by atoms with Gasteiger partial charge < -0.3 is 9.47 Å². The number of rotatable bonds is 8. The summed E-state index contributed by atoms with van der Waals surface area (Å²) in [5.74, 6) is 0. The number of benzene rings is 9. The molecule has 1 aliphatic rings. The first-order valence-electron chi connectivity index (χ1n) is 22.2. The molecular formula is C61H50N2. The van der Waals surface area contributed by atoms with Gasteiger partial charge in [0.2, 0.25) is 0 Å². The van der Waals surface area contributed by atoms with Crippen LogP contribution < -0.4 is 4.90 Å². The average molecular weight is 811 g/mol. The molecule has 11 rings (SSSR count). The predicted octanol–water partition coefficient (Wildman–Crippen LogP) is 16.9. The first-order chi connectivity index (χ1) is 30.7. The van der Waals surface area contributed by atoms with Crippen LogP contribution in [0.5, 0.6) is 0 Å². The van der Waals surface area contributed by atoms with E-state index >= 15 is 0 Å². The van der Waals surface area contributed by atoms with Gasteiger partial charge in [-0.2, -0.15) is 0 Å². The average Bonchev–Trinajstić information content (AvgIpc) is 3.76. The van der Waals surface area contributed by atoms with Gasteiger partial charge in [-0.1, -0.05) is 179 Å². The molecular weight excluding hydrogens is 761 g/mol. The molecule has 2 heteroatoms. The van der Waals surface area contributed by atoms with Crippen molar-refractivity contribution in [1.82, 2.24) is 4.57 Å². The topological polar surface area (TPSA) is 8.17 Å². The normalized spacial score (nSPS) is 13.9. The Balaban J connectivity index is 0.939. The van der Waals surface area contributed by atoms with E-state index in [0.29, 0.717) is 0 Å². The summed E-state index contributed by atoms with van der Waals surface area (Å²) in [6.07, 6.45) is 1.16. The van der Waals surface area contributed by atoms with Gasteiger partial charge >= 0.3 is 0 Å². The van der Waals surface area contributed by atoms with Gasteiger partial charge in [-0.25, -0.2) is 0 Å². The van der Waals surface area contributed by atoms with Gasteiger partial charge in [-0.05, 0) is 140 Å². The van der Waals surface area contributed by atoms with E-state index in [0.717, 1.165) is 23.5 Å². The third kappa shape index (κ3) is 6.84. The Kier molecular flexibility index (Phi) is 9.28. The van der Waals surface area contributed by atoms with Gasteiger partial charge in [0.25, 0.3) is 0 Å². The molecule has 0 saturated carbocycles. The number of hydrogen-bond acceptors (Lipinski definition) is 1. The maximum atomic E-state index is 2.42. The van der Waals surface area contributed by atoms with Crippen LogP contribution >= 0.6 is 0 Å². The van der Waals surface area contributed by atoms with E-state index in [1.807, 2.05) is 0 Å². The lowest BCUT2D eigenvalue weighted by Crippen LogP contribution is -2.18. The molecule has 1 heterocycles. The summed E-state index contributed by atoms with van der Waals surface area (Å²) < 4.78 is 2.42. The van der Waals surface area contributed by atoms with Crippen LogP contribution in [0.2, 0.25) is 0 Å². The van der Waals surface area contributed by atoms with Crippen LogP contribution in [0.25, 0.3) is 72.0 Å². The highest BCUT2D eigenvalue weighted by atomic mass is 15.1. The molecule has 304 valence electrons. The van der Waals surface area contributed by atoms with E-state index in [2.05, 4.69) is 256 Å². The van der Waals surface area contributed by atoms with Gasteiger partial charge in [0.05, 0.1) is 11.0 Å². The molecule has 0 unspecified atom stereocenters. The Hall–Kier alpha value is -7.42. The zero-order chi connectivity index (χ0) is 42.7. The van der Waals surface area contributed by atoms with E-state index < -0.39 is 0 Å². The van der Waals surface area contributed by atoms with Crippen molar-refractivity contribution in [1.29, 1.82) is 0 Å². The number of nitrogens with zero attached hydrogens (tertiary/aromatic N) is 2. The number of aromatic nitrogens is 1. The molecule has 1 aliphatic carbocycles. The van der Waals surface area contributed by atoms with E-state index in [-0.39, 0.29) is 10.8 Å². The van der Waals surface area contributed by atoms with Gasteiger partial charge in [-0.15, -0.1) is 0 Å². The van der Waals surface area contributed by atoms with Crippen molar-refractivity contribution in [3.63, 3.8) is 0 Å². The van der Waals surface area contributed by atoms with Crippen molar-refractivity contribution in [3.8, 4) is 50.2 Å². The first kappa shape index (κ1) is 38.5. The molecule has 0 atom stereocenters. The Bertz CT molecular complexity index is 3160. The molecule has 0 bridgehead atoms. The largest absolute Gasteiger partial charge is 0.311 e. The number of hydrogen-bond donors (Lipinski definition) is 0. The van der Waals surface area contributed by atoms with Crippen LogP contribution in [0.4, 0.5) is 17.1 Å². The van der Waals surface area contributed by atoms with E-state index in [4.69, 9.17) is 0 Å². The summed E-state index contributed by atoms with van der Waals surface area (Å²) in [5.41, 5.74) is 20.0. The van der Waals surface area contributed by atoms with Gasteiger partial charge in [0, 0.05) is 33.5 Å². The summed E-state index contributed by atoms with van der Waals surface area (Å²) in [6, 6.07) is 79.9. The maximum absolute atomic E-state index is 2.42. The summed E-state index contributed by atoms with van der Waals surface area (Å²) >= 11 is 0. The van der Waals surface area contributed by atoms with Crippen molar-refractivity contribution in [3.05, 3.63) is 230 Å². The van der Waals surface area contributed by atoms with Crippen LogP contribution in [0, 0.1) is 0 Å². The zero-order valence-corrected chi connectivity index (χ0v) is 36.4. The molecule has 10 aromatic rings. The molecule has 63 heavy (non-hydrogen) atoms. The minimum atomic E-state index is 0.128. The molecule has 2 nitrogen and oxygen atoms in total. The molecule has 0 radical (unpaired) electrons. The molecule has 0 saturated heterocycles. The highest BCUT2D eigenvalue weighted by Crippen LogP contribution is 2.52. The Morgan fingerprint density at radius 2 is 0.825 bits per heavy atom. The van der Waals surface area contributed by atoms with Crippen molar-refractivity contribution < 1.29 is 0 Å². The second kappa shape index (κ2) is 15.2. The van der Waals surface area contributed by atoms with Crippen molar-refractivity contribution in [2.45, 2.75) is 44.9 Å². The fourth-order valence-corrected chi connectivity index (χ4v) is 10.7. The quantitative estimate of drug-likeness (QED) is 0.148. The third-order valence-electron chi connectivity index (χ3n) is 13.4. The standard InChI is InChI=1S/C61H50N2/c1-60(2)41-61(3,4)59-53(19-13-20-56(59)60)47-28-37-52(38-29-47)63-57-21-12-11-18-54(57)55-40-48(30-39-58(55)63)46-26-35-51(36-27-46)62(49-31-22-44(23-32-49)42-14-7-5-8-15-42)50-33-24-45(25-34-50)43-16-9-6-10-17-43/h5-40H,41H2,1-4H3. The lowest BCUT2D eigenvalue weighted by atomic mass is 9.80. The fraction of sp³-hybridized carbons (Fsp3) is 0.115. The number of para-hydroxylation sites is 1. The Morgan fingerprint density at radius 1 is 0.365 bits per heavy atom. The summed E-state index contributed by atoms with van der Waals surface area (Å²) in [4.78, 5) is 2.35. The monoisotopic (exact) mass is 810 g/mol.